The SMILES string of the molecule is CCO[C@@H](CC)C(=O)Nc1ccc(Oc2cccc(C(N)=O)c2)nc1. The Bertz CT molecular complexity index is 731. The van der Waals surface area contributed by atoms with Crippen LogP contribution in [-0.2, 0) is 9.53 Å². The van der Waals surface area contributed by atoms with Gasteiger partial charge in [-0.1, -0.05) is 13.0 Å². The van der Waals surface area contributed by atoms with Crippen LogP contribution in [0.5, 0.6) is 11.6 Å². The Morgan fingerprint density at radius 3 is 2.64 bits per heavy atom. The van der Waals surface area contributed by atoms with Gasteiger partial charge >= 0.3 is 0 Å². The number of hydrogen-bond donors (Lipinski definition) is 2. The zero-order valence-corrected chi connectivity index (χ0v) is 14.2. The standard InChI is InChI=1S/C18H21N3O4/c1-3-15(24-4-2)18(23)21-13-8-9-16(20-11-13)25-14-7-5-6-12(10-14)17(19)22/h5-11,15H,3-4H2,1-2H3,(H2,19,22)(H,21,23)/t15-/m0/s1. The first-order valence-electron chi connectivity index (χ1n) is 7.99. The van der Waals surface area contributed by atoms with Crippen LogP contribution in [0.3, 0.4) is 0 Å². The second kappa shape index (κ2) is 8.79. The van der Waals surface area contributed by atoms with Crippen molar-refractivity contribution in [1.29, 1.82) is 0 Å². The Hall–Kier alpha value is -2.93. The van der Waals surface area contributed by atoms with Crippen molar-refractivity contribution >= 4 is 17.5 Å². The van der Waals surface area contributed by atoms with Crippen molar-refractivity contribution in [3.8, 4) is 11.6 Å². The van der Waals surface area contributed by atoms with E-state index in [1.165, 1.54) is 12.3 Å². The second-order valence-electron chi connectivity index (χ2n) is 5.22. The summed E-state index contributed by atoms with van der Waals surface area (Å²) in [6.07, 6.45) is 1.59. The summed E-state index contributed by atoms with van der Waals surface area (Å²) in [5.41, 5.74) is 6.13. The molecule has 0 saturated carbocycles. The molecule has 0 aliphatic heterocycles. The summed E-state index contributed by atoms with van der Waals surface area (Å²) in [5, 5.41) is 2.75. The van der Waals surface area contributed by atoms with Gasteiger partial charge in [-0.15, -0.1) is 0 Å². The van der Waals surface area contributed by atoms with Crippen molar-refractivity contribution in [2.75, 3.05) is 11.9 Å². The fourth-order valence-corrected chi connectivity index (χ4v) is 2.15. The topological polar surface area (TPSA) is 104 Å². The number of carbonyl (C=O) groups excluding carboxylic acids is 2. The molecule has 0 bridgehead atoms. The van der Waals surface area contributed by atoms with Gasteiger partial charge in [0.05, 0.1) is 11.9 Å². The average Bonchev–Trinajstić information content (AvgIpc) is 2.61. The highest BCUT2D eigenvalue weighted by molar-refractivity contribution is 5.94. The number of nitrogens with zero attached hydrogens (tertiary/aromatic N) is 1. The van der Waals surface area contributed by atoms with Gasteiger partial charge in [-0.25, -0.2) is 4.98 Å². The average molecular weight is 343 g/mol. The predicted molar refractivity (Wildman–Crippen MR) is 93.6 cm³/mol. The molecule has 0 unspecified atom stereocenters. The number of nitrogens with two attached hydrogens (primary N) is 1. The summed E-state index contributed by atoms with van der Waals surface area (Å²) < 4.78 is 10.9. The molecule has 1 aromatic heterocycles. The number of benzene rings is 1. The summed E-state index contributed by atoms with van der Waals surface area (Å²) >= 11 is 0. The number of anilines is 1. The highest BCUT2D eigenvalue weighted by Gasteiger charge is 2.16. The molecule has 7 nitrogen and oxygen atoms in total. The van der Waals surface area contributed by atoms with Crippen LogP contribution < -0.4 is 15.8 Å². The molecule has 0 fully saturated rings. The fourth-order valence-electron chi connectivity index (χ4n) is 2.15. The van der Waals surface area contributed by atoms with Gasteiger partial charge in [-0.05, 0) is 37.6 Å². The maximum atomic E-state index is 12.1. The summed E-state index contributed by atoms with van der Waals surface area (Å²) in [7, 11) is 0. The lowest BCUT2D eigenvalue weighted by Gasteiger charge is -2.14. The Morgan fingerprint density at radius 1 is 1.24 bits per heavy atom. The molecule has 0 aliphatic rings. The molecule has 2 aromatic rings. The first-order valence-corrected chi connectivity index (χ1v) is 7.99. The van der Waals surface area contributed by atoms with Crippen LogP contribution in [0, 0.1) is 0 Å². The van der Waals surface area contributed by atoms with Crippen LogP contribution in [0.1, 0.15) is 30.6 Å². The van der Waals surface area contributed by atoms with Crippen molar-refractivity contribution in [2.45, 2.75) is 26.4 Å². The van der Waals surface area contributed by atoms with Gasteiger partial charge in [0.2, 0.25) is 11.8 Å². The Labute approximate surface area is 146 Å². The third-order valence-electron chi connectivity index (χ3n) is 3.38. The maximum Gasteiger partial charge on any atom is 0.253 e. The number of carbonyl (C=O) groups is 2. The Balaban J connectivity index is 2.01. The molecule has 1 heterocycles. The molecule has 7 heteroatoms. The lowest BCUT2D eigenvalue weighted by molar-refractivity contribution is -0.127. The first kappa shape index (κ1) is 18.4. The van der Waals surface area contributed by atoms with Crippen LogP contribution >= 0.6 is 0 Å². The minimum Gasteiger partial charge on any atom is -0.439 e. The molecular weight excluding hydrogens is 322 g/mol. The van der Waals surface area contributed by atoms with E-state index >= 15 is 0 Å². The Morgan fingerprint density at radius 2 is 2.04 bits per heavy atom. The molecule has 132 valence electrons. The summed E-state index contributed by atoms with van der Waals surface area (Å²) in [6.45, 7) is 4.20. The van der Waals surface area contributed by atoms with E-state index in [1.54, 1.807) is 30.3 Å². The number of nitrogens with one attached hydrogen (secondary N) is 1. The van der Waals surface area contributed by atoms with E-state index < -0.39 is 12.0 Å². The zero-order chi connectivity index (χ0) is 18.2. The molecule has 1 atom stereocenters. The summed E-state index contributed by atoms with van der Waals surface area (Å²) in [5.74, 6) is 0.0321. The van der Waals surface area contributed by atoms with E-state index in [-0.39, 0.29) is 5.91 Å². The van der Waals surface area contributed by atoms with Crippen LogP contribution in [0.4, 0.5) is 5.69 Å². The van der Waals surface area contributed by atoms with E-state index in [2.05, 4.69) is 10.3 Å². The van der Waals surface area contributed by atoms with Crippen LogP contribution in [0.25, 0.3) is 0 Å². The second-order valence-corrected chi connectivity index (χ2v) is 5.22. The van der Waals surface area contributed by atoms with Crippen LogP contribution in [0.15, 0.2) is 42.6 Å². The molecule has 25 heavy (non-hydrogen) atoms. The smallest absolute Gasteiger partial charge is 0.253 e. The normalized spacial score (nSPS) is 11.6. The van der Waals surface area contributed by atoms with Gasteiger partial charge in [0, 0.05) is 18.2 Å². The monoisotopic (exact) mass is 343 g/mol. The zero-order valence-electron chi connectivity index (χ0n) is 14.2. The lowest BCUT2D eigenvalue weighted by Crippen LogP contribution is -2.29. The first-order chi connectivity index (χ1) is 12.0. The van der Waals surface area contributed by atoms with Gasteiger partial charge in [-0.2, -0.15) is 0 Å². The molecule has 0 spiro atoms. The minimum absolute atomic E-state index is 0.214. The van der Waals surface area contributed by atoms with Gasteiger partial charge < -0.3 is 20.5 Å². The Kier molecular flexibility index (Phi) is 6.47. The van der Waals surface area contributed by atoms with E-state index in [0.717, 1.165) is 0 Å². The van der Waals surface area contributed by atoms with E-state index in [0.29, 0.717) is 35.9 Å². The van der Waals surface area contributed by atoms with Crippen molar-refractivity contribution in [1.82, 2.24) is 4.98 Å². The molecule has 2 rings (SSSR count). The van der Waals surface area contributed by atoms with E-state index in [9.17, 15) is 9.59 Å². The fraction of sp³-hybridized carbons (Fsp3) is 0.278. The lowest BCUT2D eigenvalue weighted by atomic mass is 10.2. The molecule has 0 aliphatic carbocycles. The predicted octanol–water partition coefficient (Wildman–Crippen LogP) is 2.73. The van der Waals surface area contributed by atoms with Crippen molar-refractivity contribution < 1.29 is 19.1 Å². The third-order valence-corrected chi connectivity index (χ3v) is 3.38. The van der Waals surface area contributed by atoms with Gasteiger partial charge in [0.1, 0.15) is 11.9 Å². The molecule has 3 N–H and O–H groups in total. The maximum absolute atomic E-state index is 12.1. The number of amides is 2. The van der Waals surface area contributed by atoms with Crippen molar-refractivity contribution in [3.05, 3.63) is 48.2 Å². The number of pyridine rings is 1. The third kappa shape index (κ3) is 5.29. The highest BCUT2D eigenvalue weighted by atomic mass is 16.5. The quantitative estimate of drug-likeness (QED) is 0.767. The molecule has 2 amide bonds. The van der Waals surface area contributed by atoms with Gasteiger partial charge in [0.25, 0.3) is 5.91 Å². The van der Waals surface area contributed by atoms with E-state index in [1.807, 2.05) is 13.8 Å². The number of rotatable bonds is 8. The minimum atomic E-state index is -0.531. The molecule has 0 radical (unpaired) electrons. The summed E-state index contributed by atoms with van der Waals surface area (Å²) in [6, 6.07) is 9.79. The number of aromatic nitrogens is 1. The molecule has 1 aromatic carbocycles. The van der Waals surface area contributed by atoms with Gasteiger partial charge in [0.15, 0.2) is 0 Å². The largest absolute Gasteiger partial charge is 0.439 e. The van der Waals surface area contributed by atoms with Gasteiger partial charge in [-0.3, -0.25) is 9.59 Å². The number of ether oxygens (including phenoxy) is 2. The number of hydrogen-bond acceptors (Lipinski definition) is 5. The molecular formula is C18H21N3O4. The van der Waals surface area contributed by atoms with Crippen LogP contribution in [0.2, 0.25) is 0 Å². The van der Waals surface area contributed by atoms with Crippen molar-refractivity contribution in [3.63, 3.8) is 0 Å². The number of primary amides is 1. The molecule has 0 saturated heterocycles. The van der Waals surface area contributed by atoms with E-state index in [4.69, 9.17) is 15.2 Å². The summed E-state index contributed by atoms with van der Waals surface area (Å²) in [4.78, 5) is 27.4. The van der Waals surface area contributed by atoms with Crippen molar-refractivity contribution in [2.24, 2.45) is 5.73 Å². The highest BCUT2D eigenvalue weighted by Crippen LogP contribution is 2.21. The van der Waals surface area contributed by atoms with Crippen LogP contribution in [-0.4, -0.2) is 29.5 Å².